The first-order valence-corrected chi connectivity index (χ1v) is 9.87. The summed E-state index contributed by atoms with van der Waals surface area (Å²) < 4.78 is 5.99. The smallest absolute Gasteiger partial charge is 0.251 e. The number of hydrogen-bond donors (Lipinski definition) is 1. The number of methoxy groups -OCH3 is 1. The number of ether oxygens (including phenoxy) is 1. The number of amides is 1. The highest BCUT2D eigenvalue weighted by atomic mass is 79.9. The van der Waals surface area contributed by atoms with Crippen LogP contribution in [0, 0.1) is 0 Å². The number of halogens is 1. The summed E-state index contributed by atoms with van der Waals surface area (Å²) in [6.07, 6.45) is 3.90. The standard InChI is InChI=1S/C21H25BrN2O2/c1-26-20-10-9-16(13-19(20)22)21(25)23-14-17-7-3-4-8-18(17)15-24-11-5-2-6-12-24/h3-4,7-10,13H,2,5-6,11-12,14-15H2,1H3,(H,23,25). The molecule has 1 aliphatic heterocycles. The summed E-state index contributed by atoms with van der Waals surface area (Å²) in [4.78, 5) is 15.0. The summed E-state index contributed by atoms with van der Waals surface area (Å²) in [5.74, 6) is 0.634. The minimum atomic E-state index is -0.0823. The number of carbonyl (C=O) groups excluding carboxylic acids is 1. The van der Waals surface area contributed by atoms with E-state index in [4.69, 9.17) is 4.74 Å². The Balaban J connectivity index is 1.63. The lowest BCUT2D eigenvalue weighted by Gasteiger charge is -2.27. The molecule has 138 valence electrons. The number of rotatable bonds is 6. The Kier molecular flexibility index (Phi) is 6.69. The molecule has 0 aromatic heterocycles. The number of likely N-dealkylation sites (tertiary alicyclic amines) is 1. The molecule has 0 atom stereocenters. The average Bonchev–Trinajstić information content (AvgIpc) is 2.68. The summed E-state index contributed by atoms with van der Waals surface area (Å²) in [6, 6.07) is 13.7. The minimum Gasteiger partial charge on any atom is -0.496 e. The van der Waals surface area contributed by atoms with Crippen LogP contribution >= 0.6 is 15.9 Å². The Labute approximate surface area is 163 Å². The van der Waals surface area contributed by atoms with E-state index < -0.39 is 0 Å². The number of carbonyl (C=O) groups is 1. The van der Waals surface area contributed by atoms with E-state index in [1.165, 1.54) is 43.5 Å². The molecule has 2 aromatic carbocycles. The first kappa shape index (κ1) is 18.9. The van der Waals surface area contributed by atoms with E-state index in [2.05, 4.69) is 44.3 Å². The molecular formula is C21H25BrN2O2. The van der Waals surface area contributed by atoms with Gasteiger partial charge in [-0.2, -0.15) is 0 Å². The number of nitrogens with one attached hydrogen (secondary N) is 1. The predicted molar refractivity (Wildman–Crippen MR) is 107 cm³/mol. The summed E-state index contributed by atoms with van der Waals surface area (Å²) in [7, 11) is 1.61. The average molecular weight is 417 g/mol. The second-order valence-electron chi connectivity index (χ2n) is 6.64. The first-order chi connectivity index (χ1) is 12.7. The maximum atomic E-state index is 12.5. The highest BCUT2D eigenvalue weighted by molar-refractivity contribution is 9.10. The monoisotopic (exact) mass is 416 g/mol. The van der Waals surface area contributed by atoms with Crippen molar-refractivity contribution in [3.63, 3.8) is 0 Å². The van der Waals surface area contributed by atoms with Gasteiger partial charge >= 0.3 is 0 Å². The fraction of sp³-hybridized carbons (Fsp3) is 0.381. The van der Waals surface area contributed by atoms with Crippen molar-refractivity contribution in [2.75, 3.05) is 20.2 Å². The van der Waals surface area contributed by atoms with E-state index in [1.54, 1.807) is 25.3 Å². The lowest BCUT2D eigenvalue weighted by atomic mass is 10.0. The zero-order valence-corrected chi connectivity index (χ0v) is 16.7. The Hall–Kier alpha value is -1.85. The summed E-state index contributed by atoms with van der Waals surface area (Å²) in [5.41, 5.74) is 3.09. The first-order valence-electron chi connectivity index (χ1n) is 9.08. The molecule has 1 N–H and O–H groups in total. The summed E-state index contributed by atoms with van der Waals surface area (Å²) in [5, 5.41) is 3.04. The molecule has 0 radical (unpaired) electrons. The van der Waals surface area contributed by atoms with Crippen molar-refractivity contribution in [3.8, 4) is 5.75 Å². The van der Waals surface area contributed by atoms with Crippen LogP contribution in [0.2, 0.25) is 0 Å². The normalized spacial score (nSPS) is 14.8. The van der Waals surface area contributed by atoms with Crippen LogP contribution in [0.1, 0.15) is 40.7 Å². The van der Waals surface area contributed by atoms with Crippen LogP contribution in [0.3, 0.4) is 0 Å². The molecule has 1 aliphatic rings. The zero-order chi connectivity index (χ0) is 18.4. The van der Waals surface area contributed by atoms with Crippen molar-refractivity contribution in [1.82, 2.24) is 10.2 Å². The molecule has 2 aromatic rings. The van der Waals surface area contributed by atoms with Crippen LogP contribution in [-0.4, -0.2) is 31.0 Å². The van der Waals surface area contributed by atoms with Gasteiger partial charge in [0.25, 0.3) is 5.91 Å². The van der Waals surface area contributed by atoms with Crippen LogP contribution in [-0.2, 0) is 13.1 Å². The molecule has 1 amide bonds. The SMILES string of the molecule is COc1ccc(C(=O)NCc2ccccc2CN2CCCCC2)cc1Br. The van der Waals surface area contributed by atoms with Crippen molar-refractivity contribution in [2.24, 2.45) is 0 Å². The van der Waals surface area contributed by atoms with Gasteiger partial charge in [0.1, 0.15) is 5.75 Å². The fourth-order valence-electron chi connectivity index (χ4n) is 3.33. The van der Waals surface area contributed by atoms with Gasteiger partial charge in [-0.1, -0.05) is 30.7 Å². The third-order valence-corrected chi connectivity index (χ3v) is 5.43. The molecule has 0 bridgehead atoms. The molecule has 4 nitrogen and oxygen atoms in total. The van der Waals surface area contributed by atoms with Gasteiger partial charge in [0.2, 0.25) is 0 Å². The molecule has 3 rings (SSSR count). The van der Waals surface area contributed by atoms with Crippen molar-refractivity contribution < 1.29 is 9.53 Å². The molecule has 0 saturated carbocycles. The molecule has 0 unspecified atom stereocenters. The van der Waals surface area contributed by atoms with Gasteiger partial charge in [-0.15, -0.1) is 0 Å². The highest BCUT2D eigenvalue weighted by Crippen LogP contribution is 2.25. The summed E-state index contributed by atoms with van der Waals surface area (Å²) in [6.45, 7) is 3.83. The Morgan fingerprint density at radius 1 is 1.12 bits per heavy atom. The van der Waals surface area contributed by atoms with Gasteiger partial charge in [-0.05, 0) is 71.2 Å². The van der Waals surface area contributed by atoms with Crippen LogP contribution in [0.4, 0.5) is 0 Å². The molecule has 0 aliphatic carbocycles. The topological polar surface area (TPSA) is 41.6 Å². The molecule has 1 fully saturated rings. The van der Waals surface area contributed by atoms with E-state index in [9.17, 15) is 4.79 Å². The Morgan fingerprint density at radius 2 is 1.85 bits per heavy atom. The van der Waals surface area contributed by atoms with Gasteiger partial charge in [-0.25, -0.2) is 0 Å². The van der Waals surface area contributed by atoms with Crippen molar-refractivity contribution in [2.45, 2.75) is 32.4 Å². The minimum absolute atomic E-state index is 0.0823. The quantitative estimate of drug-likeness (QED) is 0.759. The number of hydrogen-bond acceptors (Lipinski definition) is 3. The fourth-order valence-corrected chi connectivity index (χ4v) is 3.87. The van der Waals surface area contributed by atoms with Gasteiger partial charge in [0, 0.05) is 18.7 Å². The molecular weight excluding hydrogens is 392 g/mol. The number of nitrogens with zero attached hydrogens (tertiary/aromatic N) is 1. The van der Waals surface area contributed by atoms with E-state index >= 15 is 0 Å². The predicted octanol–water partition coefficient (Wildman–Crippen LogP) is 4.37. The molecule has 26 heavy (non-hydrogen) atoms. The van der Waals surface area contributed by atoms with Gasteiger partial charge in [-0.3, -0.25) is 9.69 Å². The molecule has 5 heteroatoms. The van der Waals surface area contributed by atoms with E-state index in [0.717, 1.165) is 11.0 Å². The van der Waals surface area contributed by atoms with Crippen LogP contribution < -0.4 is 10.1 Å². The third-order valence-electron chi connectivity index (χ3n) is 4.81. The van der Waals surface area contributed by atoms with E-state index in [0.29, 0.717) is 17.9 Å². The second kappa shape index (κ2) is 9.19. The van der Waals surface area contributed by atoms with Gasteiger partial charge < -0.3 is 10.1 Å². The third kappa shape index (κ3) is 4.86. The van der Waals surface area contributed by atoms with E-state index in [1.807, 2.05) is 6.07 Å². The van der Waals surface area contributed by atoms with Gasteiger partial charge in [0.05, 0.1) is 11.6 Å². The maximum Gasteiger partial charge on any atom is 0.251 e. The van der Waals surface area contributed by atoms with Crippen molar-refractivity contribution in [3.05, 3.63) is 63.6 Å². The second-order valence-corrected chi connectivity index (χ2v) is 7.49. The van der Waals surface area contributed by atoms with Crippen molar-refractivity contribution in [1.29, 1.82) is 0 Å². The molecule has 1 saturated heterocycles. The van der Waals surface area contributed by atoms with E-state index in [-0.39, 0.29) is 5.91 Å². The van der Waals surface area contributed by atoms with Gasteiger partial charge in [0.15, 0.2) is 0 Å². The molecule has 1 heterocycles. The lowest BCUT2D eigenvalue weighted by Crippen LogP contribution is -2.30. The highest BCUT2D eigenvalue weighted by Gasteiger charge is 2.13. The molecule has 0 spiro atoms. The largest absolute Gasteiger partial charge is 0.496 e. The maximum absolute atomic E-state index is 12.5. The Morgan fingerprint density at radius 3 is 2.54 bits per heavy atom. The lowest BCUT2D eigenvalue weighted by molar-refractivity contribution is 0.0950. The number of benzene rings is 2. The summed E-state index contributed by atoms with van der Waals surface area (Å²) >= 11 is 3.43. The van der Waals surface area contributed by atoms with Crippen LogP contribution in [0.25, 0.3) is 0 Å². The zero-order valence-electron chi connectivity index (χ0n) is 15.1. The van der Waals surface area contributed by atoms with Crippen LogP contribution in [0.15, 0.2) is 46.9 Å². The Bertz CT molecular complexity index is 757. The van der Waals surface area contributed by atoms with Crippen molar-refractivity contribution >= 4 is 21.8 Å². The number of piperidine rings is 1. The van der Waals surface area contributed by atoms with Crippen LogP contribution in [0.5, 0.6) is 5.75 Å².